The van der Waals surface area contributed by atoms with Gasteiger partial charge in [-0.05, 0) is 37.3 Å². The molecule has 0 radical (unpaired) electrons. The third-order valence-electron chi connectivity index (χ3n) is 3.64. The Kier molecular flexibility index (Phi) is 4.16. The Balaban J connectivity index is 1.87. The number of hydrogen-bond donors (Lipinski definition) is 0. The van der Waals surface area contributed by atoms with Gasteiger partial charge in [0.25, 0.3) is 0 Å². The lowest BCUT2D eigenvalue weighted by atomic mass is 10.1. The van der Waals surface area contributed by atoms with Crippen molar-refractivity contribution in [3.8, 4) is 0 Å². The minimum Gasteiger partial charge on any atom is -0.464 e. The number of likely N-dealkylation sites (N-methyl/N-ethyl adjacent to an activating group) is 1. The van der Waals surface area contributed by atoms with Gasteiger partial charge < -0.3 is 9.32 Å². The molecule has 0 aliphatic carbocycles. The lowest BCUT2D eigenvalue weighted by Gasteiger charge is -2.20. The van der Waals surface area contributed by atoms with Gasteiger partial charge in [-0.1, -0.05) is 29.8 Å². The predicted octanol–water partition coefficient (Wildman–Crippen LogP) is 4.68. The normalized spacial score (nSPS) is 10.8. The largest absolute Gasteiger partial charge is 0.464 e. The van der Waals surface area contributed by atoms with Gasteiger partial charge >= 0.3 is 0 Å². The summed E-state index contributed by atoms with van der Waals surface area (Å²) in [6.45, 7) is 2.59. The molecule has 0 saturated carbocycles. The van der Waals surface area contributed by atoms with E-state index < -0.39 is 0 Å². The summed E-state index contributed by atoms with van der Waals surface area (Å²) < 4.78 is 5.49. The molecule has 22 heavy (non-hydrogen) atoms. The summed E-state index contributed by atoms with van der Waals surface area (Å²) in [5, 5.41) is 1.53. The van der Waals surface area contributed by atoms with Crippen LogP contribution in [0.25, 0.3) is 11.0 Å². The van der Waals surface area contributed by atoms with Crippen LogP contribution in [0.2, 0.25) is 5.02 Å². The average molecular weight is 314 g/mol. The van der Waals surface area contributed by atoms with Crippen LogP contribution in [0.1, 0.15) is 12.5 Å². The highest BCUT2D eigenvalue weighted by molar-refractivity contribution is 6.31. The summed E-state index contributed by atoms with van der Waals surface area (Å²) in [4.78, 5) is 14.4. The summed E-state index contributed by atoms with van der Waals surface area (Å²) >= 11 is 6.03. The molecule has 4 heteroatoms. The molecular weight excluding hydrogens is 298 g/mol. The van der Waals surface area contributed by atoms with Crippen molar-refractivity contribution in [2.75, 3.05) is 11.4 Å². The second-order valence-electron chi connectivity index (χ2n) is 5.05. The molecule has 112 valence electrons. The van der Waals surface area contributed by atoms with E-state index >= 15 is 0 Å². The highest BCUT2D eigenvalue weighted by Crippen LogP contribution is 2.26. The van der Waals surface area contributed by atoms with E-state index in [-0.39, 0.29) is 12.3 Å². The molecule has 0 bridgehead atoms. The highest BCUT2D eigenvalue weighted by Gasteiger charge is 2.17. The van der Waals surface area contributed by atoms with Crippen LogP contribution in [0.5, 0.6) is 0 Å². The Labute approximate surface area is 134 Å². The Morgan fingerprint density at radius 3 is 2.68 bits per heavy atom. The Morgan fingerprint density at radius 2 is 1.95 bits per heavy atom. The molecule has 0 saturated heterocycles. The number of anilines is 1. The Hall–Kier alpha value is -2.26. The second-order valence-corrected chi connectivity index (χ2v) is 5.49. The van der Waals surface area contributed by atoms with E-state index in [1.165, 1.54) is 0 Å². The fourth-order valence-electron chi connectivity index (χ4n) is 2.56. The number of nitrogens with zero attached hydrogens (tertiary/aromatic N) is 1. The number of carbonyl (C=O) groups is 1. The maximum Gasteiger partial charge on any atom is 0.231 e. The van der Waals surface area contributed by atoms with Crippen molar-refractivity contribution in [1.82, 2.24) is 0 Å². The van der Waals surface area contributed by atoms with E-state index in [0.717, 1.165) is 22.2 Å². The topological polar surface area (TPSA) is 33.5 Å². The predicted molar refractivity (Wildman–Crippen MR) is 89.4 cm³/mol. The van der Waals surface area contributed by atoms with Crippen LogP contribution in [-0.4, -0.2) is 12.5 Å². The minimum atomic E-state index is 0.0383. The van der Waals surface area contributed by atoms with Crippen LogP contribution < -0.4 is 4.90 Å². The number of carbonyl (C=O) groups excluding carboxylic acids is 1. The van der Waals surface area contributed by atoms with Crippen molar-refractivity contribution >= 4 is 34.2 Å². The van der Waals surface area contributed by atoms with Crippen molar-refractivity contribution in [2.45, 2.75) is 13.3 Å². The number of para-hydroxylation sites is 1. The first-order valence-corrected chi connectivity index (χ1v) is 7.58. The summed E-state index contributed by atoms with van der Waals surface area (Å²) in [6.07, 6.45) is 1.92. The number of halogens is 1. The van der Waals surface area contributed by atoms with Crippen LogP contribution in [0.3, 0.4) is 0 Å². The summed E-state index contributed by atoms with van der Waals surface area (Å²) in [5.41, 5.74) is 2.51. The van der Waals surface area contributed by atoms with Crippen molar-refractivity contribution in [1.29, 1.82) is 0 Å². The molecule has 2 aromatic carbocycles. The molecule has 1 heterocycles. The summed E-state index contributed by atoms with van der Waals surface area (Å²) in [6, 6.07) is 15.1. The zero-order valence-electron chi connectivity index (χ0n) is 12.3. The molecule has 3 aromatic rings. The zero-order valence-corrected chi connectivity index (χ0v) is 13.0. The summed E-state index contributed by atoms with van der Waals surface area (Å²) in [5.74, 6) is 0.0383. The second kappa shape index (κ2) is 6.24. The number of amides is 1. The molecular formula is C18H16ClNO2. The third kappa shape index (κ3) is 2.85. The maximum atomic E-state index is 12.6. The first-order chi connectivity index (χ1) is 10.7. The van der Waals surface area contributed by atoms with E-state index in [0.29, 0.717) is 11.6 Å². The molecule has 0 aliphatic heterocycles. The lowest BCUT2D eigenvalue weighted by Crippen LogP contribution is -2.31. The molecule has 3 rings (SSSR count). The van der Waals surface area contributed by atoms with E-state index in [1.807, 2.05) is 49.4 Å². The number of rotatable bonds is 4. The highest BCUT2D eigenvalue weighted by atomic mass is 35.5. The SMILES string of the molecule is CCN(C(=O)Cc1coc2ccc(Cl)cc12)c1ccccc1. The molecule has 0 aliphatic rings. The van der Waals surface area contributed by atoms with Gasteiger partial charge in [-0.15, -0.1) is 0 Å². The standard InChI is InChI=1S/C18H16ClNO2/c1-2-20(15-6-4-3-5-7-15)18(21)10-13-12-22-17-9-8-14(19)11-16(13)17/h3-9,11-12H,2,10H2,1H3. The molecule has 1 aromatic heterocycles. The average Bonchev–Trinajstić information content (AvgIpc) is 2.91. The molecule has 0 unspecified atom stereocenters. The lowest BCUT2D eigenvalue weighted by molar-refractivity contribution is -0.117. The zero-order chi connectivity index (χ0) is 15.5. The van der Waals surface area contributed by atoms with Gasteiger partial charge in [0.1, 0.15) is 5.58 Å². The summed E-state index contributed by atoms with van der Waals surface area (Å²) in [7, 11) is 0. The number of furan rings is 1. The number of hydrogen-bond acceptors (Lipinski definition) is 2. The van der Waals surface area contributed by atoms with Gasteiger partial charge in [-0.2, -0.15) is 0 Å². The molecule has 0 spiro atoms. The van der Waals surface area contributed by atoms with Crippen molar-refractivity contribution in [2.24, 2.45) is 0 Å². The van der Waals surface area contributed by atoms with E-state index in [9.17, 15) is 4.79 Å². The van der Waals surface area contributed by atoms with Gasteiger partial charge in [0.05, 0.1) is 12.7 Å². The van der Waals surface area contributed by atoms with Crippen LogP contribution in [0.15, 0.2) is 59.2 Å². The monoisotopic (exact) mass is 313 g/mol. The van der Waals surface area contributed by atoms with Gasteiger partial charge in [0.15, 0.2) is 0 Å². The number of benzene rings is 2. The molecule has 1 amide bonds. The van der Waals surface area contributed by atoms with Crippen LogP contribution in [0.4, 0.5) is 5.69 Å². The Morgan fingerprint density at radius 1 is 1.18 bits per heavy atom. The quantitative estimate of drug-likeness (QED) is 0.700. The van der Waals surface area contributed by atoms with Gasteiger partial charge in [0, 0.05) is 28.2 Å². The van der Waals surface area contributed by atoms with E-state index in [1.54, 1.807) is 17.2 Å². The minimum absolute atomic E-state index is 0.0383. The first-order valence-electron chi connectivity index (χ1n) is 7.20. The fourth-order valence-corrected chi connectivity index (χ4v) is 2.73. The number of fused-ring (bicyclic) bond motifs is 1. The van der Waals surface area contributed by atoms with Gasteiger partial charge in [-0.3, -0.25) is 4.79 Å². The van der Waals surface area contributed by atoms with E-state index in [4.69, 9.17) is 16.0 Å². The van der Waals surface area contributed by atoms with Crippen LogP contribution >= 0.6 is 11.6 Å². The molecule has 3 nitrogen and oxygen atoms in total. The Bertz CT molecular complexity index is 795. The third-order valence-corrected chi connectivity index (χ3v) is 3.88. The molecule has 0 N–H and O–H groups in total. The fraction of sp³-hybridized carbons (Fsp3) is 0.167. The van der Waals surface area contributed by atoms with Crippen molar-refractivity contribution in [3.63, 3.8) is 0 Å². The first kappa shape index (κ1) is 14.7. The molecule has 0 fully saturated rings. The van der Waals surface area contributed by atoms with Crippen molar-refractivity contribution < 1.29 is 9.21 Å². The van der Waals surface area contributed by atoms with Gasteiger partial charge in [-0.25, -0.2) is 0 Å². The van der Waals surface area contributed by atoms with Crippen molar-refractivity contribution in [3.05, 3.63) is 65.4 Å². The maximum absolute atomic E-state index is 12.6. The van der Waals surface area contributed by atoms with E-state index in [2.05, 4.69) is 0 Å². The smallest absolute Gasteiger partial charge is 0.231 e. The van der Waals surface area contributed by atoms with Crippen LogP contribution in [-0.2, 0) is 11.2 Å². The molecule has 0 atom stereocenters. The van der Waals surface area contributed by atoms with Gasteiger partial charge in [0.2, 0.25) is 5.91 Å². The van der Waals surface area contributed by atoms with Crippen LogP contribution in [0, 0.1) is 0 Å².